The number of ether oxygens (including phenoxy) is 1. The average Bonchev–Trinajstić information content (AvgIpc) is 3.15. The Morgan fingerprint density at radius 1 is 0.900 bits per heavy atom. The summed E-state index contributed by atoms with van der Waals surface area (Å²) in [6, 6.07) is 19.9. The van der Waals surface area contributed by atoms with E-state index in [4.69, 9.17) is 4.74 Å². The number of alkyl halides is 3. The van der Waals surface area contributed by atoms with Crippen LogP contribution in [0.1, 0.15) is 28.8 Å². The lowest BCUT2D eigenvalue weighted by molar-refractivity contribution is -0.928. The van der Waals surface area contributed by atoms with Gasteiger partial charge in [-0.05, 0) is 29.8 Å². The van der Waals surface area contributed by atoms with Crippen LogP contribution in [0.3, 0.4) is 0 Å². The summed E-state index contributed by atoms with van der Waals surface area (Å²) in [5.74, 6) is 0. The van der Waals surface area contributed by atoms with Gasteiger partial charge in [-0.1, -0.05) is 42.5 Å². The summed E-state index contributed by atoms with van der Waals surface area (Å²) in [7, 11) is 1.71. The van der Waals surface area contributed by atoms with Gasteiger partial charge in [-0.3, -0.25) is 0 Å². The summed E-state index contributed by atoms with van der Waals surface area (Å²) in [6.07, 6.45) is -1.44. The molecule has 1 atom stereocenters. The number of methoxy groups -OCH3 is 1. The number of hydrogen-bond acceptors (Lipinski definition) is 1. The van der Waals surface area contributed by atoms with Crippen molar-refractivity contribution < 1.29 is 22.8 Å². The standard InChI is InChI=1S/C24H27F3N2O/c1-30-15-7-13-28(17-20-8-3-2-4-9-20)19-23-12-6-14-29(23)18-21-10-5-11-22(16-21)24(25,26)27/h2-6,8-12,14,16H,7,13,15,17-19H2,1H3/p+1. The minimum absolute atomic E-state index is 0.420. The van der Waals surface area contributed by atoms with Crippen molar-refractivity contribution in [1.82, 2.24) is 4.57 Å². The first kappa shape index (κ1) is 22.1. The molecule has 1 N–H and O–H groups in total. The molecule has 160 valence electrons. The summed E-state index contributed by atoms with van der Waals surface area (Å²) in [6.45, 7) is 3.77. The molecular weight excluding hydrogens is 389 g/mol. The summed E-state index contributed by atoms with van der Waals surface area (Å²) in [5, 5.41) is 0. The first-order valence-corrected chi connectivity index (χ1v) is 10.1. The van der Waals surface area contributed by atoms with Crippen molar-refractivity contribution in [3.63, 3.8) is 0 Å². The van der Waals surface area contributed by atoms with Crippen molar-refractivity contribution in [2.45, 2.75) is 32.2 Å². The zero-order chi connectivity index (χ0) is 21.4. The van der Waals surface area contributed by atoms with E-state index < -0.39 is 11.7 Å². The van der Waals surface area contributed by atoms with Crippen LogP contribution in [0.5, 0.6) is 0 Å². The van der Waals surface area contributed by atoms with Gasteiger partial charge in [0.1, 0.15) is 13.1 Å². The molecule has 0 amide bonds. The fourth-order valence-corrected chi connectivity index (χ4v) is 3.65. The van der Waals surface area contributed by atoms with Gasteiger partial charge in [-0.2, -0.15) is 13.2 Å². The predicted molar refractivity (Wildman–Crippen MR) is 111 cm³/mol. The van der Waals surface area contributed by atoms with E-state index in [-0.39, 0.29) is 0 Å². The summed E-state index contributed by atoms with van der Waals surface area (Å²) in [4.78, 5) is 1.39. The number of quaternary nitrogens is 1. The van der Waals surface area contributed by atoms with Gasteiger partial charge in [0, 0.05) is 31.8 Å². The van der Waals surface area contributed by atoms with Crippen molar-refractivity contribution in [3.8, 4) is 0 Å². The molecule has 0 aliphatic rings. The van der Waals surface area contributed by atoms with E-state index in [1.54, 1.807) is 13.2 Å². The molecule has 0 radical (unpaired) electrons. The van der Waals surface area contributed by atoms with Gasteiger partial charge in [0.05, 0.1) is 24.4 Å². The minimum atomic E-state index is -4.33. The molecule has 0 bridgehead atoms. The quantitative estimate of drug-likeness (QED) is 0.491. The maximum Gasteiger partial charge on any atom is 0.416 e. The first-order chi connectivity index (χ1) is 14.5. The Hall–Kier alpha value is -2.57. The summed E-state index contributed by atoms with van der Waals surface area (Å²) >= 11 is 0. The third-order valence-corrected chi connectivity index (χ3v) is 5.14. The molecule has 0 aliphatic heterocycles. The van der Waals surface area contributed by atoms with Crippen LogP contribution in [0.2, 0.25) is 0 Å². The third-order valence-electron chi connectivity index (χ3n) is 5.14. The molecule has 3 nitrogen and oxygen atoms in total. The lowest BCUT2D eigenvalue weighted by Crippen LogP contribution is -3.09. The SMILES string of the molecule is COCCC[NH+](Cc1ccccc1)Cc1cccn1Cc1cccc(C(F)(F)F)c1. The molecule has 1 heterocycles. The Balaban J connectivity index is 1.73. The van der Waals surface area contributed by atoms with E-state index in [1.807, 2.05) is 35.0 Å². The fourth-order valence-electron chi connectivity index (χ4n) is 3.65. The van der Waals surface area contributed by atoms with E-state index in [0.29, 0.717) is 18.7 Å². The number of nitrogens with zero attached hydrogens (tertiary/aromatic N) is 1. The Bertz CT molecular complexity index is 906. The predicted octanol–water partition coefficient (Wildman–Crippen LogP) is 4.18. The van der Waals surface area contributed by atoms with Crippen LogP contribution in [0.4, 0.5) is 13.2 Å². The zero-order valence-corrected chi connectivity index (χ0v) is 17.2. The smallest absolute Gasteiger partial charge is 0.384 e. The number of aromatic nitrogens is 1. The number of nitrogens with one attached hydrogen (secondary N) is 1. The minimum Gasteiger partial charge on any atom is -0.384 e. The Morgan fingerprint density at radius 2 is 1.67 bits per heavy atom. The van der Waals surface area contributed by atoms with Crippen LogP contribution in [0.15, 0.2) is 72.9 Å². The van der Waals surface area contributed by atoms with Gasteiger partial charge in [0.25, 0.3) is 0 Å². The van der Waals surface area contributed by atoms with Gasteiger partial charge in [-0.15, -0.1) is 0 Å². The van der Waals surface area contributed by atoms with E-state index in [1.165, 1.54) is 22.6 Å². The Labute approximate surface area is 175 Å². The van der Waals surface area contributed by atoms with Crippen LogP contribution in [0, 0.1) is 0 Å². The summed E-state index contributed by atoms with van der Waals surface area (Å²) < 4.78 is 46.3. The van der Waals surface area contributed by atoms with Crippen LogP contribution < -0.4 is 4.90 Å². The number of halogens is 3. The van der Waals surface area contributed by atoms with Gasteiger partial charge in [-0.25, -0.2) is 0 Å². The van der Waals surface area contributed by atoms with Gasteiger partial charge in [0.15, 0.2) is 0 Å². The van der Waals surface area contributed by atoms with Crippen molar-refractivity contribution in [2.24, 2.45) is 0 Å². The van der Waals surface area contributed by atoms with Crippen LogP contribution >= 0.6 is 0 Å². The summed E-state index contributed by atoms with van der Waals surface area (Å²) in [5.41, 5.74) is 2.41. The third kappa shape index (κ3) is 6.47. The molecule has 2 aromatic carbocycles. The number of rotatable bonds is 10. The van der Waals surface area contributed by atoms with E-state index in [0.717, 1.165) is 37.8 Å². The molecule has 1 aromatic heterocycles. The van der Waals surface area contributed by atoms with E-state index in [2.05, 4.69) is 18.2 Å². The Morgan fingerprint density at radius 3 is 2.40 bits per heavy atom. The molecule has 0 saturated carbocycles. The van der Waals surface area contributed by atoms with Crippen molar-refractivity contribution in [2.75, 3.05) is 20.3 Å². The van der Waals surface area contributed by atoms with Gasteiger partial charge >= 0.3 is 6.18 Å². The molecule has 0 spiro atoms. The maximum atomic E-state index is 13.0. The van der Waals surface area contributed by atoms with Gasteiger partial charge < -0.3 is 14.2 Å². The molecule has 0 aliphatic carbocycles. The first-order valence-electron chi connectivity index (χ1n) is 10.1. The van der Waals surface area contributed by atoms with Crippen molar-refractivity contribution in [3.05, 3.63) is 95.3 Å². The van der Waals surface area contributed by atoms with Crippen LogP contribution in [-0.2, 0) is 30.5 Å². The van der Waals surface area contributed by atoms with E-state index >= 15 is 0 Å². The number of hydrogen-bond donors (Lipinski definition) is 1. The molecule has 0 fully saturated rings. The zero-order valence-electron chi connectivity index (χ0n) is 17.2. The van der Waals surface area contributed by atoms with Crippen molar-refractivity contribution in [1.29, 1.82) is 0 Å². The maximum absolute atomic E-state index is 13.0. The molecule has 3 rings (SSSR count). The average molecular weight is 417 g/mol. The number of benzene rings is 2. The monoisotopic (exact) mass is 417 g/mol. The lowest BCUT2D eigenvalue weighted by Gasteiger charge is -2.21. The molecular formula is C24H28F3N2O+. The largest absolute Gasteiger partial charge is 0.416 e. The van der Waals surface area contributed by atoms with Crippen molar-refractivity contribution >= 4 is 0 Å². The lowest BCUT2D eigenvalue weighted by atomic mass is 10.1. The molecule has 6 heteroatoms. The second-order valence-corrected chi connectivity index (χ2v) is 7.51. The highest BCUT2D eigenvalue weighted by molar-refractivity contribution is 5.26. The second-order valence-electron chi connectivity index (χ2n) is 7.51. The molecule has 3 aromatic rings. The van der Waals surface area contributed by atoms with Crippen LogP contribution in [-0.4, -0.2) is 24.8 Å². The molecule has 0 saturated heterocycles. The highest BCUT2D eigenvalue weighted by Gasteiger charge is 2.30. The van der Waals surface area contributed by atoms with Gasteiger partial charge in [0.2, 0.25) is 0 Å². The Kier molecular flexibility index (Phi) is 7.71. The molecule has 1 unspecified atom stereocenters. The highest BCUT2D eigenvalue weighted by atomic mass is 19.4. The fraction of sp³-hybridized carbons (Fsp3) is 0.333. The van der Waals surface area contributed by atoms with Crippen LogP contribution in [0.25, 0.3) is 0 Å². The van der Waals surface area contributed by atoms with E-state index in [9.17, 15) is 13.2 Å². The second kappa shape index (κ2) is 10.5. The normalized spacial score (nSPS) is 12.8. The highest BCUT2D eigenvalue weighted by Crippen LogP contribution is 2.29. The topological polar surface area (TPSA) is 18.6 Å². The molecule has 30 heavy (non-hydrogen) atoms.